The first-order valence-electron chi connectivity index (χ1n) is 9.28. The minimum absolute atomic E-state index is 0.00591. The maximum atomic E-state index is 13.3. The van der Waals surface area contributed by atoms with Gasteiger partial charge in [0.2, 0.25) is 5.91 Å². The van der Waals surface area contributed by atoms with Crippen molar-refractivity contribution in [3.05, 3.63) is 70.5 Å². The Balaban J connectivity index is 1.52. The van der Waals surface area contributed by atoms with Crippen LogP contribution >= 0.6 is 23.4 Å². The molecular formula is C21H24ClFN2O2S. The lowest BCUT2D eigenvalue weighted by Gasteiger charge is -2.35. The Morgan fingerprint density at radius 1 is 1.21 bits per heavy atom. The Kier molecular flexibility index (Phi) is 8.15. The number of carbonyl (C=O) groups is 1. The van der Waals surface area contributed by atoms with E-state index in [1.807, 2.05) is 24.3 Å². The number of carbonyl (C=O) groups excluding carboxylic acids is 1. The van der Waals surface area contributed by atoms with Gasteiger partial charge in [0.15, 0.2) is 0 Å². The summed E-state index contributed by atoms with van der Waals surface area (Å²) in [5.74, 6) is 0.850. The molecule has 1 amide bonds. The second-order valence-electron chi connectivity index (χ2n) is 6.64. The van der Waals surface area contributed by atoms with Crippen LogP contribution in [-0.2, 0) is 15.3 Å². The molecule has 1 aliphatic heterocycles. The SMILES string of the molecule is O=C(CSCc1cccc(Cl)c1)NCC(c1ccc(F)cc1)N1CCOCC1. The van der Waals surface area contributed by atoms with Gasteiger partial charge in [-0.15, -0.1) is 11.8 Å². The molecule has 7 heteroatoms. The zero-order chi connectivity index (χ0) is 19.8. The van der Waals surface area contributed by atoms with Gasteiger partial charge in [0.05, 0.1) is 25.0 Å². The minimum Gasteiger partial charge on any atom is -0.379 e. The summed E-state index contributed by atoms with van der Waals surface area (Å²) in [6.07, 6.45) is 0. The molecule has 1 fully saturated rings. The van der Waals surface area contributed by atoms with Crippen LogP contribution in [0.3, 0.4) is 0 Å². The molecule has 1 saturated heterocycles. The van der Waals surface area contributed by atoms with E-state index in [2.05, 4.69) is 10.2 Å². The second-order valence-corrected chi connectivity index (χ2v) is 8.06. The normalized spacial score (nSPS) is 15.9. The molecule has 1 unspecified atom stereocenters. The molecule has 150 valence electrons. The first-order valence-corrected chi connectivity index (χ1v) is 10.8. The van der Waals surface area contributed by atoms with E-state index in [0.717, 1.165) is 30.0 Å². The van der Waals surface area contributed by atoms with Crippen molar-refractivity contribution in [3.8, 4) is 0 Å². The van der Waals surface area contributed by atoms with E-state index in [1.165, 1.54) is 12.1 Å². The lowest BCUT2D eigenvalue weighted by molar-refractivity contribution is -0.118. The number of ether oxygens (including phenoxy) is 1. The van der Waals surface area contributed by atoms with E-state index in [-0.39, 0.29) is 17.8 Å². The van der Waals surface area contributed by atoms with Gasteiger partial charge in [-0.2, -0.15) is 0 Å². The number of thioether (sulfide) groups is 1. The fourth-order valence-corrected chi connectivity index (χ4v) is 4.20. The number of halogens is 2. The highest BCUT2D eigenvalue weighted by molar-refractivity contribution is 7.99. The summed E-state index contributed by atoms with van der Waals surface area (Å²) in [7, 11) is 0. The molecule has 2 aromatic rings. The van der Waals surface area contributed by atoms with Crippen LogP contribution in [0.4, 0.5) is 4.39 Å². The number of morpholine rings is 1. The van der Waals surface area contributed by atoms with Gasteiger partial charge in [0, 0.05) is 30.4 Å². The van der Waals surface area contributed by atoms with Crippen LogP contribution in [0.1, 0.15) is 17.2 Å². The van der Waals surface area contributed by atoms with Gasteiger partial charge < -0.3 is 10.1 Å². The van der Waals surface area contributed by atoms with Crippen molar-refractivity contribution in [2.24, 2.45) is 0 Å². The summed E-state index contributed by atoms with van der Waals surface area (Å²) in [5.41, 5.74) is 2.10. The van der Waals surface area contributed by atoms with Crippen LogP contribution in [0.2, 0.25) is 5.02 Å². The molecule has 3 rings (SSSR count). The average Bonchev–Trinajstić information content (AvgIpc) is 2.70. The van der Waals surface area contributed by atoms with Crippen molar-refractivity contribution < 1.29 is 13.9 Å². The van der Waals surface area contributed by atoms with Crippen LogP contribution in [0.15, 0.2) is 48.5 Å². The smallest absolute Gasteiger partial charge is 0.230 e. The molecule has 1 aliphatic rings. The van der Waals surface area contributed by atoms with Gasteiger partial charge in [0.1, 0.15) is 5.82 Å². The van der Waals surface area contributed by atoms with Gasteiger partial charge in [-0.05, 0) is 35.4 Å². The van der Waals surface area contributed by atoms with E-state index < -0.39 is 0 Å². The number of nitrogens with one attached hydrogen (secondary N) is 1. The van der Waals surface area contributed by atoms with Gasteiger partial charge >= 0.3 is 0 Å². The van der Waals surface area contributed by atoms with Gasteiger partial charge in [-0.3, -0.25) is 9.69 Å². The van der Waals surface area contributed by atoms with Crippen LogP contribution in [0, 0.1) is 5.82 Å². The van der Waals surface area contributed by atoms with Crippen molar-refractivity contribution in [3.63, 3.8) is 0 Å². The van der Waals surface area contributed by atoms with Gasteiger partial charge in [-0.1, -0.05) is 35.9 Å². The van der Waals surface area contributed by atoms with Gasteiger partial charge in [-0.25, -0.2) is 4.39 Å². The number of rotatable bonds is 8. The zero-order valence-corrected chi connectivity index (χ0v) is 17.1. The Hall–Kier alpha value is -1.60. The second kappa shape index (κ2) is 10.8. The summed E-state index contributed by atoms with van der Waals surface area (Å²) in [5, 5.41) is 3.73. The Morgan fingerprint density at radius 2 is 1.96 bits per heavy atom. The van der Waals surface area contributed by atoms with Crippen LogP contribution < -0.4 is 5.32 Å². The van der Waals surface area contributed by atoms with E-state index in [9.17, 15) is 9.18 Å². The predicted octanol–water partition coefficient (Wildman–Crippen LogP) is 3.90. The van der Waals surface area contributed by atoms with Gasteiger partial charge in [0.25, 0.3) is 0 Å². The average molecular weight is 423 g/mol. The Bertz CT molecular complexity index is 769. The quantitative estimate of drug-likeness (QED) is 0.700. The lowest BCUT2D eigenvalue weighted by Crippen LogP contribution is -2.44. The molecule has 0 bridgehead atoms. The third kappa shape index (κ3) is 6.48. The standard InChI is InChI=1S/C21H24ClFN2O2S/c22-18-3-1-2-16(12-18)14-28-15-21(26)24-13-20(25-8-10-27-11-9-25)17-4-6-19(23)7-5-17/h1-7,12,20H,8-11,13-15H2,(H,24,26). The topological polar surface area (TPSA) is 41.6 Å². The largest absolute Gasteiger partial charge is 0.379 e. The maximum Gasteiger partial charge on any atom is 0.230 e. The molecule has 4 nitrogen and oxygen atoms in total. The summed E-state index contributed by atoms with van der Waals surface area (Å²) >= 11 is 7.54. The number of hydrogen-bond acceptors (Lipinski definition) is 4. The molecule has 1 atom stereocenters. The molecule has 1 heterocycles. The van der Waals surface area contributed by atoms with Crippen molar-refractivity contribution in [2.45, 2.75) is 11.8 Å². The Morgan fingerprint density at radius 3 is 2.68 bits per heavy atom. The Labute approximate surface area is 174 Å². The predicted molar refractivity (Wildman–Crippen MR) is 112 cm³/mol. The number of hydrogen-bond donors (Lipinski definition) is 1. The summed E-state index contributed by atoms with van der Waals surface area (Å²) < 4.78 is 18.7. The summed E-state index contributed by atoms with van der Waals surface area (Å²) in [6, 6.07) is 14.2. The maximum absolute atomic E-state index is 13.3. The third-order valence-corrected chi connectivity index (χ3v) is 5.86. The minimum atomic E-state index is -0.258. The first kappa shape index (κ1) is 21.1. The summed E-state index contributed by atoms with van der Waals surface area (Å²) in [4.78, 5) is 14.6. The number of nitrogens with zero attached hydrogens (tertiary/aromatic N) is 1. The summed E-state index contributed by atoms with van der Waals surface area (Å²) in [6.45, 7) is 3.41. The van der Waals surface area contributed by atoms with Crippen molar-refractivity contribution in [2.75, 3.05) is 38.6 Å². The van der Waals surface area contributed by atoms with Crippen molar-refractivity contribution in [1.82, 2.24) is 10.2 Å². The van der Waals surface area contributed by atoms with E-state index in [4.69, 9.17) is 16.3 Å². The molecule has 0 spiro atoms. The number of amides is 1. The molecule has 0 radical (unpaired) electrons. The lowest BCUT2D eigenvalue weighted by atomic mass is 10.0. The van der Waals surface area contributed by atoms with Crippen LogP contribution in [0.25, 0.3) is 0 Å². The molecule has 28 heavy (non-hydrogen) atoms. The molecule has 2 aromatic carbocycles. The molecule has 0 aliphatic carbocycles. The van der Waals surface area contributed by atoms with E-state index in [1.54, 1.807) is 23.9 Å². The molecule has 0 aromatic heterocycles. The van der Waals surface area contributed by atoms with Crippen LogP contribution in [-0.4, -0.2) is 49.4 Å². The van der Waals surface area contributed by atoms with E-state index in [0.29, 0.717) is 30.5 Å². The highest BCUT2D eigenvalue weighted by Gasteiger charge is 2.23. The number of benzene rings is 2. The van der Waals surface area contributed by atoms with E-state index >= 15 is 0 Å². The van der Waals surface area contributed by atoms with Crippen molar-refractivity contribution >= 4 is 29.3 Å². The van der Waals surface area contributed by atoms with Crippen LogP contribution in [0.5, 0.6) is 0 Å². The fourth-order valence-electron chi connectivity index (χ4n) is 3.18. The monoisotopic (exact) mass is 422 g/mol. The third-order valence-electron chi connectivity index (χ3n) is 4.62. The highest BCUT2D eigenvalue weighted by atomic mass is 35.5. The molecular weight excluding hydrogens is 399 g/mol. The van der Waals surface area contributed by atoms with Crippen molar-refractivity contribution in [1.29, 1.82) is 0 Å². The highest BCUT2D eigenvalue weighted by Crippen LogP contribution is 2.22. The fraction of sp³-hybridized carbons (Fsp3) is 0.381. The molecule has 0 saturated carbocycles. The zero-order valence-electron chi connectivity index (χ0n) is 15.6. The molecule has 1 N–H and O–H groups in total. The first-order chi connectivity index (χ1) is 13.6.